The molecule has 1 aromatic carbocycles. The van der Waals surface area contributed by atoms with Crippen molar-refractivity contribution in [3.8, 4) is 5.75 Å². The van der Waals surface area contributed by atoms with Gasteiger partial charge in [0.05, 0.1) is 6.61 Å². The zero-order valence-electron chi connectivity index (χ0n) is 14.2. The van der Waals surface area contributed by atoms with Crippen LogP contribution in [0.2, 0.25) is 0 Å². The number of rotatable bonds is 10. The highest BCUT2D eigenvalue weighted by atomic mass is 16.5. The monoisotopic (exact) mass is 292 g/mol. The molecule has 3 heteroatoms. The van der Waals surface area contributed by atoms with Crippen molar-refractivity contribution in [2.45, 2.75) is 59.8 Å². The summed E-state index contributed by atoms with van der Waals surface area (Å²) in [6.07, 6.45) is 6.14. The standard InChI is InChI=1S/C18H32N2O/c1-5-7-8-9-18(3,4)14-20-16-11-15(19)12-17(13-16)21-10-6-2/h11-13,20H,5-10,14,19H2,1-4H3. The Morgan fingerprint density at radius 3 is 2.52 bits per heavy atom. The first-order chi connectivity index (χ1) is 9.96. The number of nitrogen functional groups attached to an aromatic ring is 1. The first-order valence-electron chi connectivity index (χ1n) is 8.24. The topological polar surface area (TPSA) is 47.3 Å². The Labute approximate surface area is 130 Å². The quantitative estimate of drug-likeness (QED) is 0.467. The average Bonchev–Trinajstić information content (AvgIpc) is 2.43. The predicted molar refractivity (Wildman–Crippen MR) is 93.1 cm³/mol. The highest BCUT2D eigenvalue weighted by Gasteiger charge is 2.17. The maximum Gasteiger partial charge on any atom is 0.123 e. The number of ether oxygens (including phenoxy) is 1. The molecule has 0 radical (unpaired) electrons. The van der Waals surface area contributed by atoms with Crippen LogP contribution in [0.1, 0.15) is 59.8 Å². The van der Waals surface area contributed by atoms with Crippen LogP contribution in [-0.4, -0.2) is 13.2 Å². The van der Waals surface area contributed by atoms with E-state index in [9.17, 15) is 0 Å². The number of anilines is 2. The Bertz CT molecular complexity index is 416. The van der Waals surface area contributed by atoms with Crippen LogP contribution >= 0.6 is 0 Å². The Balaban J connectivity index is 2.55. The summed E-state index contributed by atoms with van der Waals surface area (Å²) in [4.78, 5) is 0. The summed E-state index contributed by atoms with van der Waals surface area (Å²) in [7, 11) is 0. The van der Waals surface area contributed by atoms with E-state index < -0.39 is 0 Å². The fourth-order valence-electron chi connectivity index (χ4n) is 2.31. The van der Waals surface area contributed by atoms with Crippen LogP contribution in [0.15, 0.2) is 18.2 Å². The van der Waals surface area contributed by atoms with Crippen LogP contribution in [0.5, 0.6) is 5.75 Å². The second kappa shape index (κ2) is 8.81. The number of hydrogen-bond acceptors (Lipinski definition) is 3. The second-order valence-corrected chi connectivity index (χ2v) is 6.61. The van der Waals surface area contributed by atoms with E-state index in [-0.39, 0.29) is 0 Å². The maximum atomic E-state index is 5.95. The molecule has 0 aliphatic rings. The average molecular weight is 292 g/mol. The largest absolute Gasteiger partial charge is 0.493 e. The minimum absolute atomic E-state index is 0.296. The Morgan fingerprint density at radius 1 is 1.10 bits per heavy atom. The number of hydrogen-bond donors (Lipinski definition) is 2. The second-order valence-electron chi connectivity index (χ2n) is 6.61. The number of unbranched alkanes of at least 4 members (excludes halogenated alkanes) is 2. The third-order valence-electron chi connectivity index (χ3n) is 3.63. The van der Waals surface area contributed by atoms with Crippen molar-refractivity contribution in [1.82, 2.24) is 0 Å². The third kappa shape index (κ3) is 7.26. The summed E-state index contributed by atoms with van der Waals surface area (Å²) in [5, 5.41) is 3.51. The van der Waals surface area contributed by atoms with Crippen LogP contribution < -0.4 is 15.8 Å². The molecule has 0 aromatic heterocycles. The van der Waals surface area contributed by atoms with Crippen LogP contribution in [0.25, 0.3) is 0 Å². The zero-order valence-corrected chi connectivity index (χ0v) is 14.2. The molecule has 0 spiro atoms. The highest BCUT2D eigenvalue weighted by molar-refractivity contribution is 5.59. The van der Waals surface area contributed by atoms with Crippen LogP contribution in [-0.2, 0) is 0 Å². The molecular formula is C18H32N2O. The molecule has 21 heavy (non-hydrogen) atoms. The molecule has 0 bridgehead atoms. The summed E-state index contributed by atoms with van der Waals surface area (Å²) in [5.41, 5.74) is 8.04. The van der Waals surface area contributed by atoms with E-state index in [4.69, 9.17) is 10.5 Å². The van der Waals surface area contributed by atoms with Crippen LogP contribution in [0, 0.1) is 5.41 Å². The lowest BCUT2D eigenvalue weighted by Crippen LogP contribution is -2.23. The lowest BCUT2D eigenvalue weighted by molar-refractivity contribution is 0.317. The molecule has 0 aliphatic carbocycles. The summed E-state index contributed by atoms with van der Waals surface area (Å²) < 4.78 is 5.67. The minimum atomic E-state index is 0.296. The van der Waals surface area contributed by atoms with Gasteiger partial charge in [0.1, 0.15) is 5.75 Å². The first kappa shape index (κ1) is 17.7. The Morgan fingerprint density at radius 2 is 1.86 bits per heavy atom. The molecule has 3 nitrogen and oxygen atoms in total. The van der Waals surface area contributed by atoms with Crippen molar-refractivity contribution in [3.05, 3.63) is 18.2 Å². The molecule has 0 unspecified atom stereocenters. The van der Waals surface area contributed by atoms with Crippen molar-refractivity contribution in [1.29, 1.82) is 0 Å². The highest BCUT2D eigenvalue weighted by Crippen LogP contribution is 2.27. The van der Waals surface area contributed by atoms with Gasteiger partial charge in [-0.3, -0.25) is 0 Å². The lowest BCUT2D eigenvalue weighted by Gasteiger charge is -2.25. The number of benzene rings is 1. The van der Waals surface area contributed by atoms with Gasteiger partial charge < -0.3 is 15.8 Å². The van der Waals surface area contributed by atoms with E-state index in [1.54, 1.807) is 0 Å². The predicted octanol–water partition coefficient (Wildman–Crippen LogP) is 5.08. The molecule has 0 heterocycles. The van der Waals surface area contributed by atoms with E-state index in [1.807, 2.05) is 18.2 Å². The Hall–Kier alpha value is -1.38. The molecule has 3 N–H and O–H groups in total. The number of nitrogens with one attached hydrogen (secondary N) is 1. The minimum Gasteiger partial charge on any atom is -0.493 e. The molecule has 0 saturated carbocycles. The van der Waals surface area contributed by atoms with Gasteiger partial charge in [0.15, 0.2) is 0 Å². The summed E-state index contributed by atoms with van der Waals surface area (Å²) in [5.74, 6) is 0.850. The third-order valence-corrected chi connectivity index (χ3v) is 3.63. The molecule has 0 atom stereocenters. The molecular weight excluding hydrogens is 260 g/mol. The molecule has 1 rings (SSSR count). The van der Waals surface area contributed by atoms with Gasteiger partial charge in [-0.25, -0.2) is 0 Å². The lowest BCUT2D eigenvalue weighted by atomic mass is 9.87. The summed E-state index contributed by atoms with van der Waals surface area (Å²) >= 11 is 0. The fourth-order valence-corrected chi connectivity index (χ4v) is 2.31. The Kier molecular flexibility index (Phi) is 7.41. The van der Waals surface area contributed by atoms with Gasteiger partial charge in [-0.2, -0.15) is 0 Å². The van der Waals surface area contributed by atoms with E-state index in [0.717, 1.165) is 36.7 Å². The molecule has 120 valence electrons. The normalized spacial score (nSPS) is 11.4. The molecule has 0 amide bonds. The fraction of sp³-hybridized carbons (Fsp3) is 0.667. The molecule has 0 saturated heterocycles. The van der Waals surface area contributed by atoms with Gasteiger partial charge >= 0.3 is 0 Å². The van der Waals surface area contributed by atoms with Gasteiger partial charge in [0, 0.05) is 30.1 Å². The van der Waals surface area contributed by atoms with Crippen LogP contribution in [0.3, 0.4) is 0 Å². The van der Waals surface area contributed by atoms with E-state index in [1.165, 1.54) is 25.7 Å². The molecule has 0 aliphatic heterocycles. The van der Waals surface area contributed by atoms with Crippen LogP contribution in [0.4, 0.5) is 11.4 Å². The van der Waals surface area contributed by atoms with Gasteiger partial charge in [-0.1, -0.05) is 47.0 Å². The number of nitrogens with two attached hydrogens (primary N) is 1. The van der Waals surface area contributed by atoms with E-state index in [2.05, 4.69) is 33.0 Å². The summed E-state index contributed by atoms with van der Waals surface area (Å²) in [6.45, 7) is 10.7. The van der Waals surface area contributed by atoms with Crippen molar-refractivity contribution < 1.29 is 4.74 Å². The van der Waals surface area contributed by atoms with Crippen molar-refractivity contribution in [3.63, 3.8) is 0 Å². The summed E-state index contributed by atoms with van der Waals surface area (Å²) in [6, 6.07) is 5.89. The van der Waals surface area contributed by atoms with Crippen molar-refractivity contribution in [2.75, 3.05) is 24.2 Å². The zero-order chi connectivity index (χ0) is 15.7. The SMILES string of the molecule is CCCCCC(C)(C)CNc1cc(N)cc(OCCC)c1. The smallest absolute Gasteiger partial charge is 0.123 e. The van der Waals surface area contributed by atoms with E-state index in [0.29, 0.717) is 5.41 Å². The van der Waals surface area contributed by atoms with Gasteiger partial charge in [-0.15, -0.1) is 0 Å². The van der Waals surface area contributed by atoms with Crippen molar-refractivity contribution >= 4 is 11.4 Å². The van der Waals surface area contributed by atoms with Crippen molar-refractivity contribution in [2.24, 2.45) is 5.41 Å². The maximum absolute atomic E-state index is 5.95. The molecule has 0 fully saturated rings. The van der Waals surface area contributed by atoms with Gasteiger partial charge in [0.25, 0.3) is 0 Å². The van der Waals surface area contributed by atoms with E-state index >= 15 is 0 Å². The molecule has 1 aromatic rings. The van der Waals surface area contributed by atoms with Gasteiger partial charge in [-0.05, 0) is 24.3 Å². The van der Waals surface area contributed by atoms with Gasteiger partial charge in [0.2, 0.25) is 0 Å². The first-order valence-corrected chi connectivity index (χ1v) is 8.24.